The van der Waals surface area contributed by atoms with Crippen molar-refractivity contribution in [2.75, 3.05) is 25.6 Å². The van der Waals surface area contributed by atoms with Gasteiger partial charge < -0.3 is 26.3 Å². The number of ether oxygens (including phenoxy) is 2. The van der Waals surface area contributed by atoms with E-state index in [2.05, 4.69) is 5.32 Å². The highest BCUT2D eigenvalue weighted by Gasteiger charge is 2.18. The summed E-state index contributed by atoms with van der Waals surface area (Å²) in [5.74, 6) is -0.769. The van der Waals surface area contributed by atoms with Crippen LogP contribution in [0.5, 0.6) is 5.75 Å². The minimum absolute atomic E-state index is 0.0959. The number of rotatable bonds is 5. The number of hydrogen-bond donors (Lipinski definition) is 3. The lowest BCUT2D eigenvalue weighted by Crippen LogP contribution is -2.41. The molecule has 1 fully saturated rings. The second-order valence-corrected chi connectivity index (χ2v) is 4.83. The van der Waals surface area contributed by atoms with Crippen molar-refractivity contribution in [1.29, 1.82) is 0 Å². The zero-order chi connectivity index (χ0) is 15.2. The van der Waals surface area contributed by atoms with Gasteiger partial charge in [0.15, 0.2) is 12.4 Å². The molecular weight excluding hydrogens is 274 g/mol. The smallest absolute Gasteiger partial charge is 0.258 e. The summed E-state index contributed by atoms with van der Waals surface area (Å²) in [5.41, 5.74) is 11.4. The SMILES string of the molecule is NC(=O)c1cccc(N)c1OCC(=O)NC1CCOCC1. The van der Waals surface area contributed by atoms with Crippen LogP contribution in [-0.2, 0) is 9.53 Å². The third kappa shape index (κ3) is 4.09. The van der Waals surface area contributed by atoms with Crippen molar-refractivity contribution in [3.05, 3.63) is 23.8 Å². The van der Waals surface area contributed by atoms with Crippen LogP contribution in [0.4, 0.5) is 5.69 Å². The summed E-state index contributed by atoms with van der Waals surface area (Å²) in [6.07, 6.45) is 1.57. The van der Waals surface area contributed by atoms with E-state index < -0.39 is 5.91 Å². The molecule has 1 saturated heterocycles. The molecule has 1 aliphatic heterocycles. The molecule has 0 saturated carbocycles. The van der Waals surface area contributed by atoms with E-state index in [1.165, 1.54) is 6.07 Å². The molecule has 0 aromatic heterocycles. The Morgan fingerprint density at radius 2 is 2.05 bits per heavy atom. The zero-order valence-corrected chi connectivity index (χ0v) is 11.6. The lowest BCUT2D eigenvalue weighted by atomic mass is 10.1. The van der Waals surface area contributed by atoms with Gasteiger partial charge in [0.05, 0.1) is 11.3 Å². The van der Waals surface area contributed by atoms with Gasteiger partial charge in [-0.25, -0.2) is 0 Å². The predicted octanol–water partition coefficient (Wildman–Crippen LogP) is 0.0417. The maximum absolute atomic E-state index is 11.8. The minimum Gasteiger partial charge on any atom is -0.481 e. The van der Waals surface area contributed by atoms with Gasteiger partial charge in [-0.15, -0.1) is 0 Å². The summed E-state index contributed by atoms with van der Waals surface area (Å²) in [5, 5.41) is 2.86. The summed E-state index contributed by atoms with van der Waals surface area (Å²) < 4.78 is 10.6. The number of hydrogen-bond acceptors (Lipinski definition) is 5. The lowest BCUT2D eigenvalue weighted by Gasteiger charge is -2.23. The van der Waals surface area contributed by atoms with E-state index in [1.807, 2.05) is 0 Å². The molecule has 1 aromatic rings. The van der Waals surface area contributed by atoms with Gasteiger partial charge in [-0.3, -0.25) is 9.59 Å². The summed E-state index contributed by atoms with van der Waals surface area (Å²) in [6.45, 7) is 1.07. The van der Waals surface area contributed by atoms with Crippen LogP contribution in [-0.4, -0.2) is 37.7 Å². The molecule has 7 heteroatoms. The van der Waals surface area contributed by atoms with Gasteiger partial charge in [0, 0.05) is 19.3 Å². The number of carbonyl (C=O) groups excluding carboxylic acids is 2. The van der Waals surface area contributed by atoms with Crippen molar-refractivity contribution in [2.24, 2.45) is 5.73 Å². The highest BCUT2D eigenvalue weighted by atomic mass is 16.5. The first-order chi connectivity index (χ1) is 10.1. The second-order valence-electron chi connectivity index (χ2n) is 4.83. The van der Waals surface area contributed by atoms with E-state index in [0.717, 1.165) is 12.8 Å². The first-order valence-electron chi connectivity index (χ1n) is 6.76. The maximum Gasteiger partial charge on any atom is 0.258 e. The Bertz CT molecular complexity index is 527. The van der Waals surface area contributed by atoms with Crippen LogP contribution in [0.1, 0.15) is 23.2 Å². The van der Waals surface area contributed by atoms with E-state index in [4.69, 9.17) is 20.9 Å². The van der Waals surface area contributed by atoms with Gasteiger partial charge in [-0.05, 0) is 25.0 Å². The molecule has 5 N–H and O–H groups in total. The van der Waals surface area contributed by atoms with Crippen molar-refractivity contribution >= 4 is 17.5 Å². The largest absolute Gasteiger partial charge is 0.481 e. The molecule has 1 aliphatic rings. The fourth-order valence-electron chi connectivity index (χ4n) is 2.16. The Balaban J connectivity index is 1.93. The number of anilines is 1. The van der Waals surface area contributed by atoms with Crippen molar-refractivity contribution in [3.63, 3.8) is 0 Å². The Kier molecular flexibility index (Phi) is 4.99. The topological polar surface area (TPSA) is 117 Å². The molecule has 1 aromatic carbocycles. The van der Waals surface area contributed by atoms with Crippen molar-refractivity contribution < 1.29 is 19.1 Å². The Morgan fingerprint density at radius 1 is 1.33 bits per heavy atom. The zero-order valence-electron chi connectivity index (χ0n) is 11.6. The van der Waals surface area contributed by atoms with Crippen LogP contribution in [0.15, 0.2) is 18.2 Å². The number of nitrogens with one attached hydrogen (secondary N) is 1. The molecular formula is C14H19N3O4. The van der Waals surface area contributed by atoms with Crippen LogP contribution in [0.2, 0.25) is 0 Å². The van der Waals surface area contributed by atoms with Crippen LogP contribution in [0.25, 0.3) is 0 Å². The minimum atomic E-state index is -0.651. The van der Waals surface area contributed by atoms with Gasteiger partial charge in [-0.2, -0.15) is 0 Å². The first kappa shape index (κ1) is 15.1. The molecule has 114 valence electrons. The van der Waals surface area contributed by atoms with Gasteiger partial charge in [0.1, 0.15) is 0 Å². The van der Waals surface area contributed by atoms with Crippen molar-refractivity contribution in [3.8, 4) is 5.75 Å². The monoisotopic (exact) mass is 293 g/mol. The number of benzene rings is 1. The number of amides is 2. The highest BCUT2D eigenvalue weighted by molar-refractivity contribution is 5.97. The average Bonchev–Trinajstić information content (AvgIpc) is 2.46. The van der Waals surface area contributed by atoms with Crippen LogP contribution in [0, 0.1) is 0 Å². The van der Waals surface area contributed by atoms with E-state index in [-0.39, 0.29) is 35.6 Å². The second kappa shape index (κ2) is 6.94. The number of primary amides is 1. The first-order valence-corrected chi connectivity index (χ1v) is 6.76. The number of nitrogens with two attached hydrogens (primary N) is 2. The summed E-state index contributed by atoms with van der Waals surface area (Å²) in [4.78, 5) is 23.2. The molecule has 2 rings (SSSR count). The predicted molar refractivity (Wildman–Crippen MR) is 76.9 cm³/mol. The van der Waals surface area contributed by atoms with Gasteiger partial charge in [0.2, 0.25) is 0 Å². The maximum atomic E-state index is 11.8. The number of para-hydroxylation sites is 1. The van der Waals surface area contributed by atoms with Gasteiger partial charge in [0.25, 0.3) is 11.8 Å². The van der Waals surface area contributed by atoms with E-state index in [9.17, 15) is 9.59 Å². The Labute approximate surface area is 122 Å². The lowest BCUT2D eigenvalue weighted by molar-refractivity contribution is -0.124. The van der Waals surface area contributed by atoms with Crippen LogP contribution < -0.4 is 21.5 Å². The van der Waals surface area contributed by atoms with Crippen molar-refractivity contribution in [2.45, 2.75) is 18.9 Å². The Morgan fingerprint density at radius 3 is 2.71 bits per heavy atom. The molecule has 0 unspecified atom stereocenters. The van der Waals surface area contributed by atoms with E-state index >= 15 is 0 Å². The van der Waals surface area contributed by atoms with Gasteiger partial charge in [-0.1, -0.05) is 6.07 Å². The quantitative estimate of drug-likeness (QED) is 0.663. The van der Waals surface area contributed by atoms with E-state index in [1.54, 1.807) is 12.1 Å². The molecule has 0 spiro atoms. The summed E-state index contributed by atoms with van der Waals surface area (Å²) >= 11 is 0. The standard InChI is InChI=1S/C14H19N3O4/c15-11-3-1-2-10(14(16)19)13(11)21-8-12(18)17-9-4-6-20-7-5-9/h1-3,9H,4-8,15H2,(H2,16,19)(H,17,18). The molecule has 2 amide bonds. The Hall–Kier alpha value is -2.28. The fraction of sp³-hybridized carbons (Fsp3) is 0.429. The highest BCUT2D eigenvalue weighted by Crippen LogP contribution is 2.25. The van der Waals surface area contributed by atoms with Gasteiger partial charge >= 0.3 is 0 Å². The number of nitrogen functional groups attached to an aromatic ring is 1. The fourth-order valence-corrected chi connectivity index (χ4v) is 2.16. The molecule has 0 bridgehead atoms. The number of carbonyl (C=O) groups is 2. The molecule has 7 nitrogen and oxygen atoms in total. The van der Waals surface area contributed by atoms with E-state index in [0.29, 0.717) is 13.2 Å². The normalized spacial score (nSPS) is 15.4. The van der Waals surface area contributed by atoms with Crippen LogP contribution in [0.3, 0.4) is 0 Å². The summed E-state index contributed by atoms with van der Waals surface area (Å²) in [6, 6.07) is 4.78. The molecule has 0 atom stereocenters. The van der Waals surface area contributed by atoms with Crippen LogP contribution >= 0.6 is 0 Å². The van der Waals surface area contributed by atoms with Crippen molar-refractivity contribution in [1.82, 2.24) is 5.32 Å². The average molecular weight is 293 g/mol. The molecule has 0 aliphatic carbocycles. The molecule has 1 heterocycles. The molecule has 21 heavy (non-hydrogen) atoms. The molecule has 0 radical (unpaired) electrons. The summed E-state index contributed by atoms with van der Waals surface area (Å²) in [7, 11) is 0. The third-order valence-electron chi connectivity index (χ3n) is 3.24. The third-order valence-corrected chi connectivity index (χ3v) is 3.24.